The van der Waals surface area contributed by atoms with Gasteiger partial charge in [0, 0.05) is 19.3 Å². The van der Waals surface area contributed by atoms with Crippen molar-refractivity contribution >= 4 is 5.95 Å². The Labute approximate surface area is 122 Å². The molecule has 0 radical (unpaired) electrons. The highest BCUT2D eigenvalue weighted by Gasteiger charge is 2.25. The first-order valence-electron chi connectivity index (χ1n) is 7.80. The number of hydrogen-bond acceptors (Lipinski definition) is 3. The van der Waals surface area contributed by atoms with E-state index in [1.165, 1.54) is 19.3 Å². The van der Waals surface area contributed by atoms with Gasteiger partial charge < -0.3 is 14.6 Å². The van der Waals surface area contributed by atoms with E-state index < -0.39 is 0 Å². The van der Waals surface area contributed by atoms with Gasteiger partial charge in [-0.15, -0.1) is 0 Å². The maximum absolute atomic E-state index is 5.27. The highest BCUT2D eigenvalue weighted by molar-refractivity contribution is 5.31. The van der Waals surface area contributed by atoms with Crippen molar-refractivity contribution in [1.82, 2.24) is 9.55 Å². The summed E-state index contributed by atoms with van der Waals surface area (Å²) in [6, 6.07) is 0.853. The Morgan fingerprint density at radius 3 is 2.60 bits per heavy atom. The van der Waals surface area contributed by atoms with Crippen LogP contribution >= 0.6 is 0 Å². The predicted octanol–water partition coefficient (Wildman–Crippen LogP) is 3.64. The van der Waals surface area contributed by atoms with E-state index in [4.69, 9.17) is 4.74 Å². The van der Waals surface area contributed by atoms with Crippen molar-refractivity contribution in [3.63, 3.8) is 0 Å². The molecule has 1 saturated carbocycles. The minimum atomic E-state index is 0.308. The molecule has 1 aromatic rings. The third-order valence-corrected chi connectivity index (χ3v) is 4.25. The van der Waals surface area contributed by atoms with Gasteiger partial charge in [-0.2, -0.15) is 0 Å². The highest BCUT2D eigenvalue weighted by atomic mass is 16.5. The van der Waals surface area contributed by atoms with Crippen molar-refractivity contribution in [3.05, 3.63) is 11.9 Å². The molecule has 20 heavy (non-hydrogen) atoms. The van der Waals surface area contributed by atoms with Crippen LogP contribution in [0.25, 0.3) is 0 Å². The maximum atomic E-state index is 5.27. The second kappa shape index (κ2) is 6.61. The third-order valence-electron chi connectivity index (χ3n) is 4.25. The number of aromatic nitrogens is 2. The predicted molar refractivity (Wildman–Crippen MR) is 83.1 cm³/mol. The quantitative estimate of drug-likeness (QED) is 0.894. The number of imidazole rings is 1. The van der Waals surface area contributed by atoms with Gasteiger partial charge in [-0.25, -0.2) is 4.98 Å². The number of ether oxygens (including phenoxy) is 1. The van der Waals surface area contributed by atoms with E-state index in [-0.39, 0.29) is 0 Å². The zero-order valence-electron chi connectivity index (χ0n) is 13.5. The van der Waals surface area contributed by atoms with Crippen LogP contribution in [0.5, 0.6) is 0 Å². The van der Waals surface area contributed by atoms with Gasteiger partial charge in [-0.1, -0.05) is 13.8 Å². The summed E-state index contributed by atoms with van der Waals surface area (Å²) in [5.41, 5.74) is 1.06. The Morgan fingerprint density at radius 2 is 2.00 bits per heavy atom. The third kappa shape index (κ3) is 3.75. The van der Waals surface area contributed by atoms with Crippen LogP contribution in [0.3, 0.4) is 0 Å². The lowest BCUT2D eigenvalue weighted by Gasteiger charge is -2.32. The summed E-state index contributed by atoms with van der Waals surface area (Å²) in [6.45, 7) is 9.64. The molecular formula is C16H29N3O. The summed E-state index contributed by atoms with van der Waals surface area (Å²) < 4.78 is 7.48. The number of methoxy groups -OCH3 is 1. The van der Waals surface area contributed by atoms with E-state index in [1.54, 1.807) is 7.11 Å². The van der Waals surface area contributed by atoms with Crippen LogP contribution in [0.4, 0.5) is 5.95 Å². The van der Waals surface area contributed by atoms with Crippen molar-refractivity contribution in [2.45, 2.75) is 59.0 Å². The Bertz CT molecular complexity index is 419. The van der Waals surface area contributed by atoms with E-state index in [0.29, 0.717) is 18.7 Å². The fourth-order valence-electron chi connectivity index (χ4n) is 3.53. The Morgan fingerprint density at radius 1 is 1.35 bits per heavy atom. The van der Waals surface area contributed by atoms with Gasteiger partial charge in [-0.3, -0.25) is 0 Å². The highest BCUT2D eigenvalue weighted by Crippen LogP contribution is 2.30. The van der Waals surface area contributed by atoms with Crippen LogP contribution in [0, 0.1) is 18.8 Å². The van der Waals surface area contributed by atoms with Crippen LogP contribution in [0.1, 0.15) is 51.8 Å². The van der Waals surface area contributed by atoms with Crippen LogP contribution in [-0.2, 0) is 4.74 Å². The lowest BCUT2D eigenvalue weighted by Crippen LogP contribution is -2.31. The van der Waals surface area contributed by atoms with Crippen molar-refractivity contribution in [2.75, 3.05) is 19.0 Å². The largest absolute Gasteiger partial charge is 0.383 e. The Balaban J connectivity index is 2.08. The van der Waals surface area contributed by atoms with E-state index >= 15 is 0 Å². The molecule has 1 fully saturated rings. The first-order chi connectivity index (χ1) is 9.49. The summed E-state index contributed by atoms with van der Waals surface area (Å²) in [6.07, 6.45) is 5.96. The van der Waals surface area contributed by atoms with Crippen LogP contribution in [-0.4, -0.2) is 29.3 Å². The molecule has 4 heteroatoms. The summed E-state index contributed by atoms with van der Waals surface area (Å²) in [4.78, 5) is 4.65. The molecule has 1 aliphatic carbocycles. The number of nitrogens with zero attached hydrogens (tertiary/aromatic N) is 2. The molecule has 0 bridgehead atoms. The minimum Gasteiger partial charge on any atom is -0.383 e. The van der Waals surface area contributed by atoms with Gasteiger partial charge in [0.15, 0.2) is 0 Å². The molecule has 1 aliphatic rings. The molecule has 0 aromatic carbocycles. The van der Waals surface area contributed by atoms with E-state index in [1.807, 2.05) is 6.92 Å². The fraction of sp³-hybridized carbons (Fsp3) is 0.812. The van der Waals surface area contributed by atoms with Gasteiger partial charge in [-0.05, 0) is 44.9 Å². The van der Waals surface area contributed by atoms with E-state index in [9.17, 15) is 0 Å². The standard InChI is InChI=1S/C16H29N3O/c1-11-6-12(2)8-15(7-11)18-16-17-13(3)9-19(16)14(4)10-20-5/h9,11-12,14-15H,6-8,10H2,1-5H3,(H,17,18). The average Bonchev–Trinajstić information content (AvgIpc) is 2.69. The summed E-state index contributed by atoms with van der Waals surface area (Å²) >= 11 is 0. The van der Waals surface area contributed by atoms with Crippen LogP contribution in [0.15, 0.2) is 6.20 Å². The van der Waals surface area contributed by atoms with Crippen molar-refractivity contribution in [2.24, 2.45) is 11.8 Å². The van der Waals surface area contributed by atoms with Gasteiger partial charge in [0.1, 0.15) is 0 Å². The molecular weight excluding hydrogens is 250 g/mol. The van der Waals surface area contributed by atoms with Gasteiger partial charge in [0.05, 0.1) is 18.3 Å². The smallest absolute Gasteiger partial charge is 0.203 e. The molecule has 3 unspecified atom stereocenters. The molecule has 0 aliphatic heterocycles. The molecule has 114 valence electrons. The van der Waals surface area contributed by atoms with Gasteiger partial charge >= 0.3 is 0 Å². The normalized spacial score (nSPS) is 28.4. The van der Waals surface area contributed by atoms with Gasteiger partial charge in [0.25, 0.3) is 0 Å². The molecule has 2 rings (SSSR count). The Hall–Kier alpha value is -1.03. The average molecular weight is 279 g/mol. The van der Waals surface area contributed by atoms with Crippen molar-refractivity contribution in [3.8, 4) is 0 Å². The lowest BCUT2D eigenvalue weighted by molar-refractivity contribution is 0.162. The molecule has 1 heterocycles. The van der Waals surface area contributed by atoms with E-state index in [2.05, 4.69) is 41.8 Å². The maximum Gasteiger partial charge on any atom is 0.203 e. The van der Waals surface area contributed by atoms with Crippen LogP contribution < -0.4 is 5.32 Å². The fourth-order valence-corrected chi connectivity index (χ4v) is 3.53. The van der Waals surface area contributed by atoms with Crippen molar-refractivity contribution in [1.29, 1.82) is 0 Å². The minimum absolute atomic E-state index is 0.308. The lowest BCUT2D eigenvalue weighted by atomic mass is 9.80. The van der Waals surface area contributed by atoms with E-state index in [0.717, 1.165) is 23.5 Å². The number of anilines is 1. The zero-order valence-corrected chi connectivity index (χ0v) is 13.5. The molecule has 3 atom stereocenters. The first kappa shape index (κ1) is 15.4. The Kier molecular flexibility index (Phi) is 5.08. The zero-order chi connectivity index (χ0) is 14.7. The summed E-state index contributed by atoms with van der Waals surface area (Å²) in [7, 11) is 1.75. The summed E-state index contributed by atoms with van der Waals surface area (Å²) in [5.74, 6) is 2.60. The molecule has 0 saturated heterocycles. The second-order valence-electron chi connectivity index (χ2n) is 6.68. The topological polar surface area (TPSA) is 39.1 Å². The molecule has 1 aromatic heterocycles. The number of hydrogen-bond donors (Lipinski definition) is 1. The van der Waals surface area contributed by atoms with Gasteiger partial charge in [0.2, 0.25) is 5.95 Å². The second-order valence-corrected chi connectivity index (χ2v) is 6.68. The first-order valence-corrected chi connectivity index (χ1v) is 7.80. The SMILES string of the molecule is COCC(C)n1cc(C)nc1NC1CC(C)CC(C)C1. The molecule has 0 amide bonds. The van der Waals surface area contributed by atoms with Crippen LogP contribution in [0.2, 0.25) is 0 Å². The number of nitrogens with one attached hydrogen (secondary N) is 1. The number of aryl methyl sites for hydroxylation is 1. The monoisotopic (exact) mass is 279 g/mol. The van der Waals surface area contributed by atoms with Crippen molar-refractivity contribution < 1.29 is 4.74 Å². The molecule has 0 spiro atoms. The summed E-state index contributed by atoms with van der Waals surface area (Å²) in [5, 5.41) is 3.67. The number of rotatable bonds is 5. The molecule has 1 N–H and O–H groups in total. The molecule has 4 nitrogen and oxygen atoms in total.